The Hall–Kier alpha value is -7.80. The van der Waals surface area contributed by atoms with Gasteiger partial charge in [0.2, 0.25) is 11.7 Å². The van der Waals surface area contributed by atoms with Crippen molar-refractivity contribution in [2.24, 2.45) is 0 Å². The Morgan fingerprint density at radius 1 is 0.417 bits per heavy atom. The van der Waals surface area contributed by atoms with Crippen LogP contribution in [-0.2, 0) is 0 Å². The molecule has 5 heterocycles. The molecule has 9 aromatic carbocycles. The van der Waals surface area contributed by atoms with E-state index in [-0.39, 0.29) is 0 Å². The van der Waals surface area contributed by atoms with Gasteiger partial charge in [0.05, 0.1) is 37.8 Å². The maximum absolute atomic E-state index is 6.76. The molecular formula is C54H30N4OS. The smallest absolute Gasteiger partial charge is 0.238 e. The number of rotatable bonds is 3. The monoisotopic (exact) mass is 782 g/mol. The molecule has 0 saturated carbocycles. The van der Waals surface area contributed by atoms with E-state index in [1.165, 1.54) is 52.5 Å². The van der Waals surface area contributed by atoms with Crippen molar-refractivity contribution < 1.29 is 4.42 Å². The SMILES string of the molecule is c1ccc(-n2c3ccccc3c3c(-c4nc(-n5c6ccc7ccccc7c6c6c7ccccc7c7c8ccccc8sc7c65)nc5oc6ccccc6c45)cccc32)cc1. The average Bonchev–Trinajstić information content (AvgIpc) is 4.07. The molecule has 0 spiro atoms. The molecule has 0 aliphatic heterocycles. The van der Waals surface area contributed by atoms with Gasteiger partial charge < -0.3 is 8.98 Å². The predicted octanol–water partition coefficient (Wildman–Crippen LogP) is 14.9. The molecule has 14 aromatic rings. The summed E-state index contributed by atoms with van der Waals surface area (Å²) in [6, 6.07) is 65.1. The Morgan fingerprint density at radius 2 is 1.08 bits per heavy atom. The van der Waals surface area contributed by atoms with Gasteiger partial charge in [0.15, 0.2) is 0 Å². The third-order valence-corrected chi connectivity index (χ3v) is 13.7. The van der Waals surface area contributed by atoms with E-state index in [4.69, 9.17) is 14.4 Å². The summed E-state index contributed by atoms with van der Waals surface area (Å²) in [5.41, 5.74) is 8.74. The zero-order valence-corrected chi connectivity index (χ0v) is 32.7. The van der Waals surface area contributed by atoms with Crippen LogP contribution in [0.5, 0.6) is 0 Å². The number of benzene rings is 9. The van der Waals surface area contributed by atoms with Gasteiger partial charge >= 0.3 is 0 Å². The molecule has 0 bridgehead atoms. The van der Waals surface area contributed by atoms with Crippen molar-refractivity contribution in [3.63, 3.8) is 0 Å². The van der Waals surface area contributed by atoms with Crippen molar-refractivity contribution in [2.75, 3.05) is 0 Å². The summed E-state index contributed by atoms with van der Waals surface area (Å²) in [4.78, 5) is 11.2. The summed E-state index contributed by atoms with van der Waals surface area (Å²) in [5, 5.41) is 14.0. The first-order valence-corrected chi connectivity index (χ1v) is 21.1. The van der Waals surface area contributed by atoms with Crippen molar-refractivity contribution in [1.82, 2.24) is 19.1 Å². The van der Waals surface area contributed by atoms with Gasteiger partial charge in [0.1, 0.15) is 5.58 Å². The average molecular weight is 783 g/mol. The zero-order valence-electron chi connectivity index (χ0n) is 31.9. The van der Waals surface area contributed by atoms with Gasteiger partial charge in [-0.05, 0) is 64.0 Å². The first-order chi connectivity index (χ1) is 29.8. The summed E-state index contributed by atoms with van der Waals surface area (Å²) in [5.74, 6) is 0.574. The molecule has 14 rings (SSSR count). The summed E-state index contributed by atoms with van der Waals surface area (Å²) < 4.78 is 13.9. The van der Waals surface area contributed by atoms with E-state index in [9.17, 15) is 0 Å². The van der Waals surface area contributed by atoms with Crippen LogP contribution in [0.25, 0.3) is 130 Å². The van der Waals surface area contributed by atoms with Crippen LogP contribution in [0.1, 0.15) is 0 Å². The molecule has 0 unspecified atom stereocenters. The molecule has 0 N–H and O–H groups in total. The number of aromatic nitrogens is 4. The highest BCUT2D eigenvalue weighted by Gasteiger charge is 2.27. The highest BCUT2D eigenvalue weighted by molar-refractivity contribution is 7.27. The molecule has 0 atom stereocenters. The van der Waals surface area contributed by atoms with E-state index >= 15 is 0 Å². The van der Waals surface area contributed by atoms with E-state index in [2.05, 4.69) is 179 Å². The molecule has 278 valence electrons. The highest BCUT2D eigenvalue weighted by Crippen LogP contribution is 2.50. The maximum atomic E-state index is 6.76. The van der Waals surface area contributed by atoms with Crippen LogP contribution < -0.4 is 0 Å². The van der Waals surface area contributed by atoms with Crippen molar-refractivity contribution in [3.8, 4) is 22.9 Å². The van der Waals surface area contributed by atoms with Crippen molar-refractivity contribution in [2.45, 2.75) is 0 Å². The normalized spacial score (nSPS) is 12.3. The number of hydrogen-bond acceptors (Lipinski definition) is 4. The number of nitrogens with zero attached hydrogens (tertiary/aromatic N) is 4. The van der Waals surface area contributed by atoms with Crippen molar-refractivity contribution >= 4 is 119 Å². The molecule has 5 aromatic heterocycles. The van der Waals surface area contributed by atoms with Gasteiger partial charge in [-0.2, -0.15) is 4.98 Å². The first-order valence-electron chi connectivity index (χ1n) is 20.3. The third kappa shape index (κ3) is 4.19. The molecule has 0 aliphatic carbocycles. The molecule has 0 aliphatic rings. The second-order valence-corrected chi connectivity index (χ2v) is 16.7. The number of furan rings is 1. The zero-order chi connectivity index (χ0) is 39.1. The lowest BCUT2D eigenvalue weighted by atomic mass is 9.97. The van der Waals surface area contributed by atoms with E-state index < -0.39 is 0 Å². The Kier molecular flexibility index (Phi) is 6.38. The van der Waals surface area contributed by atoms with Crippen LogP contribution >= 0.6 is 11.3 Å². The first kappa shape index (κ1) is 32.2. The minimum absolute atomic E-state index is 0.559. The minimum atomic E-state index is 0.559. The second kappa shape index (κ2) is 11.9. The van der Waals surface area contributed by atoms with E-state index in [1.54, 1.807) is 0 Å². The summed E-state index contributed by atoms with van der Waals surface area (Å²) in [6.45, 7) is 0. The van der Waals surface area contributed by atoms with E-state index in [1.807, 2.05) is 23.5 Å². The molecular weight excluding hydrogens is 753 g/mol. The molecule has 6 heteroatoms. The third-order valence-electron chi connectivity index (χ3n) is 12.5. The number of fused-ring (bicyclic) bond motifs is 18. The van der Waals surface area contributed by atoms with Crippen molar-refractivity contribution in [1.29, 1.82) is 0 Å². The fraction of sp³-hybridized carbons (Fsp3) is 0. The van der Waals surface area contributed by atoms with Crippen LogP contribution in [0.2, 0.25) is 0 Å². The largest absolute Gasteiger partial charge is 0.437 e. The summed E-state index contributed by atoms with van der Waals surface area (Å²) in [7, 11) is 0. The number of para-hydroxylation sites is 3. The Morgan fingerprint density at radius 3 is 1.95 bits per heavy atom. The van der Waals surface area contributed by atoms with Gasteiger partial charge in [-0.15, -0.1) is 11.3 Å². The van der Waals surface area contributed by atoms with Crippen LogP contribution in [-0.4, -0.2) is 19.1 Å². The van der Waals surface area contributed by atoms with Crippen molar-refractivity contribution in [3.05, 3.63) is 182 Å². The Bertz CT molecular complexity index is 4130. The van der Waals surface area contributed by atoms with Gasteiger partial charge in [0.25, 0.3) is 0 Å². The lowest BCUT2D eigenvalue weighted by Gasteiger charge is -2.12. The molecule has 5 nitrogen and oxygen atoms in total. The molecule has 0 saturated heterocycles. The van der Waals surface area contributed by atoms with Crippen LogP contribution in [0.15, 0.2) is 186 Å². The van der Waals surface area contributed by atoms with Gasteiger partial charge in [-0.25, -0.2) is 4.98 Å². The highest BCUT2D eigenvalue weighted by atomic mass is 32.1. The number of hydrogen-bond donors (Lipinski definition) is 0. The Balaban J connectivity index is 1.20. The predicted molar refractivity (Wildman–Crippen MR) is 251 cm³/mol. The number of thiophene rings is 1. The van der Waals surface area contributed by atoms with Crippen LogP contribution in [0.4, 0.5) is 0 Å². The molecule has 0 amide bonds. The molecule has 60 heavy (non-hydrogen) atoms. The van der Waals surface area contributed by atoms with E-state index in [0.29, 0.717) is 11.7 Å². The maximum Gasteiger partial charge on any atom is 0.238 e. The second-order valence-electron chi connectivity index (χ2n) is 15.6. The lowest BCUT2D eigenvalue weighted by molar-refractivity contribution is 0.651. The minimum Gasteiger partial charge on any atom is -0.437 e. The standard InChI is InChI=1S/C54H30N4OS/c1-2-16-32(17-3-1)57-40-25-11-8-21-36(40)45-39(24-14-26-41(45)57)50-49-37-22-9-12-27-43(37)59-53(49)56-54(55-50)58-42-30-29-31-15-4-5-18-33(31)47(42)48-35-20-7-6-19-34(35)46-38-23-10-13-28-44(38)60-52(46)51(48)58/h1-30H. The van der Waals surface area contributed by atoms with Gasteiger partial charge in [-0.3, -0.25) is 4.57 Å². The topological polar surface area (TPSA) is 48.8 Å². The van der Waals surface area contributed by atoms with Crippen LogP contribution in [0, 0.1) is 0 Å². The summed E-state index contributed by atoms with van der Waals surface area (Å²) in [6.07, 6.45) is 0. The van der Waals surface area contributed by atoms with Gasteiger partial charge in [-0.1, -0.05) is 140 Å². The van der Waals surface area contributed by atoms with E-state index in [0.717, 1.165) is 66.1 Å². The van der Waals surface area contributed by atoms with Gasteiger partial charge in [0, 0.05) is 53.7 Å². The lowest BCUT2D eigenvalue weighted by Crippen LogP contribution is -2.03. The molecule has 0 radical (unpaired) electrons. The quantitative estimate of drug-likeness (QED) is 0.179. The fourth-order valence-electron chi connectivity index (χ4n) is 10.1. The fourth-order valence-corrected chi connectivity index (χ4v) is 11.4. The summed E-state index contributed by atoms with van der Waals surface area (Å²) >= 11 is 1.84. The molecule has 0 fully saturated rings. The van der Waals surface area contributed by atoms with Crippen LogP contribution in [0.3, 0.4) is 0 Å². The Labute approximate surface area is 345 Å².